The summed E-state index contributed by atoms with van der Waals surface area (Å²) in [5.74, 6) is 0.553. The van der Waals surface area contributed by atoms with Gasteiger partial charge in [0.05, 0.1) is 17.7 Å². The van der Waals surface area contributed by atoms with E-state index in [9.17, 15) is 9.90 Å². The van der Waals surface area contributed by atoms with E-state index in [1.807, 2.05) is 25.1 Å². The van der Waals surface area contributed by atoms with Crippen molar-refractivity contribution in [1.82, 2.24) is 24.6 Å². The highest BCUT2D eigenvalue weighted by Gasteiger charge is 2.35. The van der Waals surface area contributed by atoms with E-state index in [-0.39, 0.29) is 11.9 Å². The number of aliphatic hydroxyl groups excluding tert-OH is 1. The maximum atomic E-state index is 12.5. The van der Waals surface area contributed by atoms with Gasteiger partial charge in [-0.15, -0.1) is 0 Å². The van der Waals surface area contributed by atoms with Crippen LogP contribution in [0, 0.1) is 0 Å². The Balaban J connectivity index is 1.73. The van der Waals surface area contributed by atoms with Gasteiger partial charge >= 0.3 is 0 Å². The lowest BCUT2D eigenvalue weighted by Crippen LogP contribution is -2.38. The van der Waals surface area contributed by atoms with Crippen LogP contribution in [0.25, 0.3) is 5.82 Å². The second kappa shape index (κ2) is 5.86. The normalized spacial score (nSPS) is 21.5. The van der Waals surface area contributed by atoms with Gasteiger partial charge in [0.1, 0.15) is 0 Å². The molecule has 1 aliphatic heterocycles. The number of nitrogens with zero attached hydrogens (tertiary/aromatic N) is 5. The van der Waals surface area contributed by atoms with Crippen LogP contribution in [-0.2, 0) is 0 Å². The number of hydrogen-bond donors (Lipinski definition) is 1. The highest BCUT2D eigenvalue weighted by Crippen LogP contribution is 2.17. The van der Waals surface area contributed by atoms with Gasteiger partial charge < -0.3 is 14.9 Å². The predicted octanol–water partition coefficient (Wildman–Crippen LogP) is 0.0142. The minimum atomic E-state index is -0.518. The van der Waals surface area contributed by atoms with Crippen LogP contribution in [0.15, 0.2) is 36.8 Å². The monoisotopic (exact) mass is 301 g/mol. The van der Waals surface area contributed by atoms with Gasteiger partial charge in [-0.05, 0) is 32.3 Å². The molecule has 7 heteroatoms. The zero-order valence-corrected chi connectivity index (χ0v) is 12.6. The zero-order chi connectivity index (χ0) is 15.7. The van der Waals surface area contributed by atoms with Gasteiger partial charge in [0, 0.05) is 31.7 Å². The van der Waals surface area contributed by atoms with Gasteiger partial charge in [-0.2, -0.15) is 5.10 Å². The van der Waals surface area contributed by atoms with E-state index >= 15 is 0 Å². The topological polar surface area (TPSA) is 74.5 Å². The van der Waals surface area contributed by atoms with Crippen molar-refractivity contribution in [3.05, 3.63) is 42.4 Å². The summed E-state index contributed by atoms with van der Waals surface area (Å²) in [5, 5.41) is 14.1. The summed E-state index contributed by atoms with van der Waals surface area (Å²) < 4.78 is 1.63. The molecular weight excluding hydrogens is 282 g/mol. The van der Waals surface area contributed by atoms with E-state index in [0.717, 1.165) is 0 Å². The highest BCUT2D eigenvalue weighted by atomic mass is 16.3. The summed E-state index contributed by atoms with van der Waals surface area (Å²) in [4.78, 5) is 20.4. The second-order valence-electron chi connectivity index (χ2n) is 5.66. The van der Waals surface area contributed by atoms with Crippen molar-refractivity contribution in [2.45, 2.75) is 12.1 Å². The average molecular weight is 301 g/mol. The average Bonchev–Trinajstić information content (AvgIpc) is 3.16. The first-order valence-corrected chi connectivity index (χ1v) is 7.16. The molecule has 0 aliphatic carbocycles. The third-order valence-corrected chi connectivity index (χ3v) is 3.94. The van der Waals surface area contributed by atoms with Gasteiger partial charge in [0.25, 0.3) is 5.91 Å². The number of carbonyl (C=O) groups excluding carboxylic acids is 1. The summed E-state index contributed by atoms with van der Waals surface area (Å²) >= 11 is 0. The predicted molar refractivity (Wildman–Crippen MR) is 80.7 cm³/mol. The van der Waals surface area contributed by atoms with Crippen molar-refractivity contribution < 1.29 is 9.90 Å². The van der Waals surface area contributed by atoms with Gasteiger partial charge in [-0.1, -0.05) is 0 Å². The molecule has 1 aliphatic rings. The van der Waals surface area contributed by atoms with Crippen molar-refractivity contribution >= 4 is 5.91 Å². The lowest BCUT2D eigenvalue weighted by atomic mass is 10.2. The van der Waals surface area contributed by atoms with E-state index in [4.69, 9.17) is 0 Å². The summed E-state index contributed by atoms with van der Waals surface area (Å²) in [6.07, 6.45) is 4.50. The summed E-state index contributed by atoms with van der Waals surface area (Å²) in [5.41, 5.74) is 0.516. The van der Waals surface area contributed by atoms with Crippen molar-refractivity contribution in [3.63, 3.8) is 0 Å². The maximum absolute atomic E-state index is 12.5. The standard InChI is InChI=1S/C15H19N5O2/c1-18(2)12-9-19(10-13(12)21)15(22)11-4-5-14(16-8-11)20-7-3-6-17-20/h3-8,12-13,21H,9-10H2,1-2H3/t12-,13-/m1/s1. The number of aliphatic hydroxyl groups is 1. The van der Waals surface area contributed by atoms with E-state index in [1.165, 1.54) is 0 Å². The Bertz CT molecular complexity index is 638. The van der Waals surface area contributed by atoms with E-state index < -0.39 is 6.10 Å². The number of carbonyl (C=O) groups is 1. The fourth-order valence-electron chi connectivity index (χ4n) is 2.68. The summed E-state index contributed by atoms with van der Waals surface area (Å²) in [6.45, 7) is 0.872. The fourth-order valence-corrected chi connectivity index (χ4v) is 2.68. The number of likely N-dealkylation sites (N-methyl/N-ethyl adjacent to an activating group) is 1. The van der Waals surface area contributed by atoms with Crippen LogP contribution in [0.1, 0.15) is 10.4 Å². The number of β-amino-alcohol motifs (C(OH)–C–C–N with tert-alkyl or cyclic N) is 1. The lowest BCUT2D eigenvalue weighted by molar-refractivity contribution is 0.0763. The van der Waals surface area contributed by atoms with Crippen LogP contribution in [-0.4, -0.2) is 74.9 Å². The Labute approximate surface area is 128 Å². The first-order chi connectivity index (χ1) is 10.6. The maximum Gasteiger partial charge on any atom is 0.255 e. The molecule has 1 fully saturated rings. The van der Waals surface area contributed by atoms with Crippen molar-refractivity contribution in [3.8, 4) is 5.82 Å². The third-order valence-electron chi connectivity index (χ3n) is 3.94. The highest BCUT2D eigenvalue weighted by molar-refractivity contribution is 5.94. The first kappa shape index (κ1) is 14.7. The van der Waals surface area contributed by atoms with Gasteiger partial charge in [0.2, 0.25) is 0 Å². The molecule has 0 unspecified atom stereocenters. The summed E-state index contributed by atoms with van der Waals surface area (Å²) in [6, 6.07) is 5.28. The van der Waals surface area contributed by atoms with E-state index in [2.05, 4.69) is 10.1 Å². The number of rotatable bonds is 3. The molecule has 116 valence electrons. The number of hydrogen-bond acceptors (Lipinski definition) is 5. The number of amides is 1. The van der Waals surface area contributed by atoms with Crippen LogP contribution in [0.3, 0.4) is 0 Å². The minimum absolute atomic E-state index is 0.0275. The first-order valence-electron chi connectivity index (χ1n) is 7.16. The van der Waals surface area contributed by atoms with Gasteiger partial charge in [-0.25, -0.2) is 9.67 Å². The molecule has 0 radical (unpaired) electrons. The molecule has 0 spiro atoms. The molecule has 3 heterocycles. The Morgan fingerprint density at radius 1 is 1.36 bits per heavy atom. The van der Waals surface area contributed by atoms with Gasteiger partial charge in [-0.3, -0.25) is 4.79 Å². The van der Waals surface area contributed by atoms with Crippen molar-refractivity contribution in [2.75, 3.05) is 27.2 Å². The smallest absolute Gasteiger partial charge is 0.255 e. The molecule has 2 aromatic rings. The third kappa shape index (κ3) is 2.72. The van der Waals surface area contributed by atoms with Crippen molar-refractivity contribution in [2.24, 2.45) is 0 Å². The van der Waals surface area contributed by atoms with Crippen LogP contribution >= 0.6 is 0 Å². The minimum Gasteiger partial charge on any atom is -0.390 e. The van der Waals surface area contributed by atoms with Gasteiger partial charge in [0.15, 0.2) is 5.82 Å². The fraction of sp³-hybridized carbons (Fsp3) is 0.400. The number of likely N-dealkylation sites (tertiary alicyclic amines) is 1. The number of pyridine rings is 1. The Morgan fingerprint density at radius 3 is 2.73 bits per heavy atom. The van der Waals surface area contributed by atoms with Crippen LogP contribution < -0.4 is 0 Å². The Hall–Kier alpha value is -2.25. The Kier molecular flexibility index (Phi) is 3.91. The van der Waals surface area contributed by atoms with Crippen LogP contribution in [0.5, 0.6) is 0 Å². The Morgan fingerprint density at radius 2 is 2.18 bits per heavy atom. The second-order valence-corrected chi connectivity index (χ2v) is 5.66. The lowest BCUT2D eigenvalue weighted by Gasteiger charge is -2.21. The number of aromatic nitrogens is 3. The molecule has 1 amide bonds. The molecular formula is C15H19N5O2. The van der Waals surface area contributed by atoms with E-state index in [0.29, 0.717) is 24.5 Å². The molecule has 0 saturated carbocycles. The molecule has 2 atom stereocenters. The largest absolute Gasteiger partial charge is 0.390 e. The molecule has 22 heavy (non-hydrogen) atoms. The molecule has 2 aromatic heterocycles. The molecule has 1 saturated heterocycles. The summed E-state index contributed by atoms with van der Waals surface area (Å²) in [7, 11) is 3.81. The van der Waals surface area contributed by atoms with E-state index in [1.54, 1.807) is 40.3 Å². The molecule has 3 rings (SSSR count). The van der Waals surface area contributed by atoms with Crippen LogP contribution in [0.4, 0.5) is 0 Å². The molecule has 7 nitrogen and oxygen atoms in total. The molecule has 1 N–H and O–H groups in total. The molecule has 0 bridgehead atoms. The SMILES string of the molecule is CN(C)[C@@H]1CN(C(=O)c2ccc(-n3cccn3)nc2)C[C@H]1O. The zero-order valence-electron chi connectivity index (χ0n) is 12.6. The quantitative estimate of drug-likeness (QED) is 0.865. The van der Waals surface area contributed by atoms with Crippen LogP contribution in [0.2, 0.25) is 0 Å². The molecule has 0 aromatic carbocycles. The van der Waals surface area contributed by atoms with Crippen molar-refractivity contribution in [1.29, 1.82) is 0 Å².